The topological polar surface area (TPSA) is 128 Å². The lowest BCUT2D eigenvalue weighted by Crippen LogP contribution is -2.34. The molecule has 0 spiro atoms. The molecule has 0 saturated heterocycles. The van der Waals surface area contributed by atoms with Gasteiger partial charge in [-0.1, -0.05) is 11.6 Å². The predicted molar refractivity (Wildman–Crippen MR) is 140 cm³/mol. The van der Waals surface area contributed by atoms with Crippen LogP contribution < -0.4 is 15.6 Å². The van der Waals surface area contributed by atoms with Gasteiger partial charge in [0.2, 0.25) is 5.95 Å². The number of nitrogens with zero attached hydrogens (tertiary/aromatic N) is 8. The number of nitriles is 1. The Bertz CT molecular complexity index is 1820. The van der Waals surface area contributed by atoms with Crippen molar-refractivity contribution in [1.29, 1.82) is 5.26 Å². The second-order valence-electron chi connectivity index (χ2n) is 9.87. The van der Waals surface area contributed by atoms with E-state index in [4.69, 9.17) is 16.3 Å². The lowest BCUT2D eigenvalue weighted by atomic mass is 9.81. The molecule has 0 unspecified atom stereocenters. The van der Waals surface area contributed by atoms with E-state index in [9.17, 15) is 10.1 Å². The van der Waals surface area contributed by atoms with E-state index in [2.05, 4.69) is 31.4 Å². The molecule has 0 atom stereocenters. The number of aromatic nitrogens is 7. The minimum atomic E-state index is -0.132. The van der Waals surface area contributed by atoms with Crippen LogP contribution in [-0.2, 0) is 7.05 Å². The van der Waals surface area contributed by atoms with E-state index in [1.54, 1.807) is 45.5 Å². The molecule has 5 aromatic heterocycles. The normalized spacial score (nSPS) is 18.9. The summed E-state index contributed by atoms with van der Waals surface area (Å²) in [4.78, 5) is 26.6. The molecule has 0 aliphatic heterocycles. The fourth-order valence-corrected chi connectivity index (χ4v) is 5.27. The Labute approximate surface area is 221 Å². The van der Waals surface area contributed by atoms with Crippen molar-refractivity contribution in [2.24, 2.45) is 13.0 Å². The Balaban J connectivity index is 1.24. The van der Waals surface area contributed by atoms with Crippen molar-refractivity contribution in [1.82, 2.24) is 33.7 Å². The number of imidazole rings is 1. The van der Waals surface area contributed by atoms with Gasteiger partial charge in [0, 0.05) is 31.7 Å². The molecule has 190 valence electrons. The molecule has 5 aromatic rings. The van der Waals surface area contributed by atoms with Crippen LogP contribution in [0.15, 0.2) is 48.0 Å². The summed E-state index contributed by atoms with van der Waals surface area (Å²) in [5.74, 6) is 1.75. The first-order chi connectivity index (χ1) is 18.5. The van der Waals surface area contributed by atoms with Crippen LogP contribution in [0.2, 0.25) is 5.02 Å². The second-order valence-corrected chi connectivity index (χ2v) is 10.2. The molecule has 0 amide bonds. The molecule has 0 radical (unpaired) electrons. The lowest BCUT2D eigenvalue weighted by Gasteiger charge is -2.32. The Morgan fingerprint density at radius 3 is 2.84 bits per heavy atom. The van der Waals surface area contributed by atoms with Gasteiger partial charge in [-0.3, -0.25) is 9.78 Å². The number of rotatable bonds is 6. The zero-order valence-corrected chi connectivity index (χ0v) is 21.1. The average Bonchev–Trinajstić information content (AvgIpc) is 3.59. The second kappa shape index (κ2) is 8.56. The number of fused-ring (bicyclic) bond motifs is 2. The number of pyridine rings is 2. The van der Waals surface area contributed by atoms with Gasteiger partial charge in [-0.15, -0.1) is 0 Å². The molecule has 7 rings (SSSR count). The SMILES string of the molecule is Cn1c(Nc2cc(C3CC3)cn([C@H]3C[C@H](C#N)C3)c2=O)nc2ncc(Oc3cnn4ccncc34)c(Cl)c21. The van der Waals surface area contributed by atoms with E-state index < -0.39 is 0 Å². The maximum atomic E-state index is 13.4. The van der Waals surface area contributed by atoms with Gasteiger partial charge in [0.15, 0.2) is 17.1 Å². The van der Waals surface area contributed by atoms with Crippen molar-refractivity contribution in [3.8, 4) is 17.6 Å². The molecule has 0 bridgehead atoms. The summed E-state index contributed by atoms with van der Waals surface area (Å²) in [5.41, 5.74) is 3.11. The molecular weight excluding hydrogens is 506 g/mol. The van der Waals surface area contributed by atoms with Gasteiger partial charge in [0.05, 0.1) is 30.6 Å². The van der Waals surface area contributed by atoms with E-state index in [0.29, 0.717) is 63.6 Å². The molecule has 38 heavy (non-hydrogen) atoms. The largest absolute Gasteiger partial charge is 0.450 e. The number of nitrogens with one attached hydrogen (secondary N) is 1. The summed E-state index contributed by atoms with van der Waals surface area (Å²) in [6.45, 7) is 0. The summed E-state index contributed by atoms with van der Waals surface area (Å²) in [7, 11) is 1.81. The minimum absolute atomic E-state index is 0.00867. The predicted octanol–water partition coefficient (Wildman–Crippen LogP) is 4.71. The monoisotopic (exact) mass is 527 g/mol. The zero-order valence-electron chi connectivity index (χ0n) is 20.4. The van der Waals surface area contributed by atoms with Gasteiger partial charge >= 0.3 is 0 Å². The highest BCUT2D eigenvalue weighted by Gasteiger charge is 2.33. The van der Waals surface area contributed by atoms with E-state index in [1.807, 2.05) is 12.3 Å². The molecule has 2 fully saturated rings. The van der Waals surface area contributed by atoms with Gasteiger partial charge in [-0.25, -0.2) is 9.50 Å². The molecule has 2 aliphatic rings. The van der Waals surface area contributed by atoms with E-state index in [0.717, 1.165) is 18.4 Å². The molecular formula is C26H22ClN9O2. The quantitative estimate of drug-likeness (QED) is 0.336. The number of halogens is 1. The molecule has 12 heteroatoms. The van der Waals surface area contributed by atoms with Crippen LogP contribution in [0.3, 0.4) is 0 Å². The van der Waals surface area contributed by atoms with Crippen molar-refractivity contribution in [3.05, 3.63) is 64.2 Å². The Hall–Kier alpha value is -4.43. The highest BCUT2D eigenvalue weighted by atomic mass is 35.5. The van der Waals surface area contributed by atoms with Crippen LogP contribution in [0.25, 0.3) is 16.7 Å². The van der Waals surface area contributed by atoms with Gasteiger partial charge in [0.1, 0.15) is 21.7 Å². The zero-order chi connectivity index (χ0) is 26.0. The van der Waals surface area contributed by atoms with Crippen molar-refractivity contribution < 1.29 is 4.74 Å². The maximum Gasteiger partial charge on any atom is 0.274 e. The fraction of sp³-hybridized carbons (Fsp3) is 0.308. The standard InChI is InChI=1S/C26H22ClN9O2/c1-34-23-22(27)21(38-20-12-31-36-5-4-29-10-19(20)36)11-30-24(23)33-26(34)32-18-8-16(15-2-3-15)13-35(25(18)37)17-6-14(7-17)9-28/h4-5,8,10-15,17H,2-3,6-7H2,1H3,(H,30,32,33)/t14-,17-. The van der Waals surface area contributed by atoms with Crippen molar-refractivity contribution in [3.63, 3.8) is 0 Å². The van der Waals surface area contributed by atoms with Crippen LogP contribution in [0.5, 0.6) is 11.5 Å². The first-order valence-corrected chi connectivity index (χ1v) is 12.8. The van der Waals surface area contributed by atoms with Gasteiger partial charge in [-0.2, -0.15) is 15.3 Å². The van der Waals surface area contributed by atoms with Crippen LogP contribution in [0, 0.1) is 17.2 Å². The lowest BCUT2D eigenvalue weighted by molar-refractivity contribution is 0.243. The summed E-state index contributed by atoms with van der Waals surface area (Å²) >= 11 is 6.77. The summed E-state index contributed by atoms with van der Waals surface area (Å²) < 4.78 is 11.2. The first kappa shape index (κ1) is 22.7. The third-order valence-electron chi connectivity index (χ3n) is 7.36. The van der Waals surface area contributed by atoms with E-state index >= 15 is 0 Å². The van der Waals surface area contributed by atoms with Crippen molar-refractivity contribution >= 4 is 39.9 Å². The van der Waals surface area contributed by atoms with Crippen molar-refractivity contribution in [2.75, 3.05) is 5.32 Å². The van der Waals surface area contributed by atoms with Gasteiger partial charge < -0.3 is 19.2 Å². The highest BCUT2D eigenvalue weighted by molar-refractivity contribution is 6.36. The number of anilines is 2. The fourth-order valence-electron chi connectivity index (χ4n) is 4.97. The summed E-state index contributed by atoms with van der Waals surface area (Å²) in [6.07, 6.45) is 13.7. The number of aryl methyl sites for hydroxylation is 1. The third kappa shape index (κ3) is 3.68. The number of hydrogen-bond acceptors (Lipinski definition) is 8. The van der Waals surface area contributed by atoms with Crippen LogP contribution >= 0.6 is 11.6 Å². The Morgan fingerprint density at radius 1 is 1.21 bits per heavy atom. The molecule has 1 N–H and O–H groups in total. The van der Waals surface area contributed by atoms with Crippen LogP contribution in [0.1, 0.15) is 43.2 Å². The number of ether oxygens (including phenoxy) is 1. The molecule has 0 aromatic carbocycles. The Morgan fingerprint density at radius 2 is 2.05 bits per heavy atom. The first-order valence-electron chi connectivity index (χ1n) is 12.4. The van der Waals surface area contributed by atoms with Crippen molar-refractivity contribution in [2.45, 2.75) is 37.6 Å². The van der Waals surface area contributed by atoms with Crippen LogP contribution in [-0.4, -0.2) is 33.7 Å². The summed E-state index contributed by atoms with van der Waals surface area (Å²) in [5, 5.41) is 17.0. The van der Waals surface area contributed by atoms with E-state index in [1.165, 1.54) is 6.20 Å². The summed E-state index contributed by atoms with van der Waals surface area (Å²) in [6, 6.07) is 4.25. The molecule has 2 saturated carbocycles. The van der Waals surface area contributed by atoms with Gasteiger partial charge in [0.25, 0.3) is 5.56 Å². The molecule has 5 heterocycles. The van der Waals surface area contributed by atoms with E-state index in [-0.39, 0.29) is 17.5 Å². The number of hydrogen-bond donors (Lipinski definition) is 1. The van der Waals surface area contributed by atoms with Crippen LogP contribution in [0.4, 0.5) is 11.6 Å². The third-order valence-corrected chi connectivity index (χ3v) is 7.73. The smallest absolute Gasteiger partial charge is 0.274 e. The molecule has 11 nitrogen and oxygen atoms in total. The Kier molecular flexibility index (Phi) is 5.13. The highest BCUT2D eigenvalue weighted by Crippen LogP contribution is 2.43. The average molecular weight is 528 g/mol. The maximum absolute atomic E-state index is 13.4. The minimum Gasteiger partial charge on any atom is -0.450 e. The molecule has 2 aliphatic carbocycles. The van der Waals surface area contributed by atoms with Gasteiger partial charge in [-0.05, 0) is 43.2 Å².